The van der Waals surface area contributed by atoms with E-state index in [9.17, 15) is 9.18 Å². The molecule has 5 heteroatoms. The first-order chi connectivity index (χ1) is 13.0. The van der Waals surface area contributed by atoms with Crippen molar-refractivity contribution >= 4 is 5.91 Å². The van der Waals surface area contributed by atoms with E-state index in [1.807, 2.05) is 12.1 Å². The third-order valence-electron chi connectivity index (χ3n) is 6.03. The summed E-state index contributed by atoms with van der Waals surface area (Å²) in [4.78, 5) is 17.2. The summed E-state index contributed by atoms with van der Waals surface area (Å²) in [5, 5.41) is 0. The number of fused-ring (bicyclic) bond motifs is 3. The van der Waals surface area contributed by atoms with Crippen LogP contribution in [0.3, 0.4) is 0 Å². The minimum absolute atomic E-state index is 0.116. The van der Waals surface area contributed by atoms with E-state index in [0.29, 0.717) is 11.7 Å². The fourth-order valence-electron chi connectivity index (χ4n) is 4.56. The minimum Gasteiger partial charge on any atom is -0.436 e. The van der Waals surface area contributed by atoms with Gasteiger partial charge in [-0.3, -0.25) is 4.79 Å². The molecule has 1 aromatic heterocycles. The summed E-state index contributed by atoms with van der Waals surface area (Å²) in [5.74, 6) is 1.85. The van der Waals surface area contributed by atoms with E-state index in [-0.39, 0.29) is 17.4 Å². The summed E-state index contributed by atoms with van der Waals surface area (Å²) < 4.78 is 19.9. The maximum Gasteiger partial charge on any atom is 0.255 e. The third-order valence-corrected chi connectivity index (χ3v) is 6.03. The van der Waals surface area contributed by atoms with Crippen LogP contribution >= 0.6 is 0 Å². The Kier molecular flexibility index (Phi) is 4.85. The molecule has 0 N–H and O–H groups in total. The van der Waals surface area contributed by atoms with Crippen molar-refractivity contribution in [1.82, 2.24) is 9.88 Å². The van der Waals surface area contributed by atoms with Gasteiger partial charge in [0.05, 0.1) is 5.56 Å². The largest absolute Gasteiger partial charge is 0.436 e. The Morgan fingerprint density at radius 2 is 1.85 bits per heavy atom. The first kappa shape index (κ1) is 18.0. The van der Waals surface area contributed by atoms with Gasteiger partial charge in [0.15, 0.2) is 5.82 Å². The number of benzene rings is 1. The second kappa shape index (κ2) is 7.29. The fourth-order valence-corrected chi connectivity index (χ4v) is 4.56. The quantitative estimate of drug-likeness (QED) is 0.762. The van der Waals surface area contributed by atoms with Gasteiger partial charge in [-0.15, -0.1) is 0 Å². The average Bonchev–Trinajstić information content (AvgIpc) is 2.70. The van der Waals surface area contributed by atoms with Crippen LogP contribution in [0.4, 0.5) is 4.39 Å². The topological polar surface area (TPSA) is 42.4 Å². The van der Waals surface area contributed by atoms with Gasteiger partial charge in [0, 0.05) is 20.3 Å². The highest BCUT2D eigenvalue weighted by Gasteiger charge is 2.36. The SMILES string of the molecule is CN(C)C(=O)c1cnc(Oc2ccc(C3CC4CCC3CC4)cc2)c(F)c1. The summed E-state index contributed by atoms with van der Waals surface area (Å²) in [6.07, 6.45) is 8.11. The molecule has 2 aromatic rings. The number of carbonyl (C=O) groups excluding carboxylic acids is 1. The molecule has 27 heavy (non-hydrogen) atoms. The molecular formula is C22H25FN2O2. The lowest BCUT2D eigenvalue weighted by Crippen LogP contribution is -2.29. The molecule has 3 aliphatic carbocycles. The molecule has 3 saturated carbocycles. The molecule has 142 valence electrons. The van der Waals surface area contributed by atoms with Crippen LogP contribution in [0.1, 0.15) is 53.9 Å². The van der Waals surface area contributed by atoms with E-state index in [1.165, 1.54) is 48.8 Å². The zero-order valence-electron chi connectivity index (χ0n) is 15.8. The van der Waals surface area contributed by atoms with Crippen molar-refractivity contribution in [2.24, 2.45) is 11.8 Å². The van der Waals surface area contributed by atoms with Gasteiger partial charge in [-0.05, 0) is 60.8 Å². The van der Waals surface area contributed by atoms with Crippen molar-refractivity contribution in [1.29, 1.82) is 0 Å². The number of carbonyl (C=O) groups is 1. The molecule has 1 heterocycles. The highest BCUT2D eigenvalue weighted by molar-refractivity contribution is 5.93. The van der Waals surface area contributed by atoms with Gasteiger partial charge in [0.25, 0.3) is 11.8 Å². The van der Waals surface area contributed by atoms with Crippen LogP contribution in [0.15, 0.2) is 36.5 Å². The van der Waals surface area contributed by atoms with Crippen LogP contribution < -0.4 is 4.74 Å². The van der Waals surface area contributed by atoms with Gasteiger partial charge in [0.1, 0.15) is 5.75 Å². The predicted molar refractivity (Wildman–Crippen MR) is 102 cm³/mol. The number of nitrogens with zero attached hydrogens (tertiary/aromatic N) is 2. The molecule has 0 spiro atoms. The lowest BCUT2D eigenvalue weighted by Gasteiger charge is -2.42. The second-order valence-corrected chi connectivity index (χ2v) is 8.00. The van der Waals surface area contributed by atoms with E-state index >= 15 is 0 Å². The summed E-state index contributed by atoms with van der Waals surface area (Å²) in [6.45, 7) is 0. The van der Waals surface area contributed by atoms with Crippen molar-refractivity contribution in [2.45, 2.75) is 38.0 Å². The number of hydrogen-bond acceptors (Lipinski definition) is 3. The predicted octanol–water partition coefficient (Wildman–Crippen LogP) is 5.01. The average molecular weight is 368 g/mol. The lowest BCUT2D eigenvalue weighted by molar-refractivity contribution is 0.0826. The number of amides is 1. The Morgan fingerprint density at radius 1 is 1.15 bits per heavy atom. The maximum atomic E-state index is 14.3. The van der Waals surface area contributed by atoms with Crippen molar-refractivity contribution in [3.8, 4) is 11.6 Å². The van der Waals surface area contributed by atoms with E-state index in [0.717, 1.165) is 17.9 Å². The Labute approximate surface area is 159 Å². The Bertz CT molecular complexity index is 827. The number of hydrogen-bond donors (Lipinski definition) is 0. The van der Waals surface area contributed by atoms with E-state index < -0.39 is 5.82 Å². The van der Waals surface area contributed by atoms with Gasteiger partial charge >= 0.3 is 0 Å². The number of ether oxygens (including phenoxy) is 1. The van der Waals surface area contributed by atoms with Gasteiger partial charge in [-0.25, -0.2) is 9.37 Å². The van der Waals surface area contributed by atoms with Crippen LogP contribution in [0, 0.1) is 17.7 Å². The van der Waals surface area contributed by atoms with Crippen LogP contribution in [-0.4, -0.2) is 29.9 Å². The minimum atomic E-state index is -0.642. The van der Waals surface area contributed by atoms with Gasteiger partial charge in [-0.2, -0.15) is 0 Å². The van der Waals surface area contributed by atoms with Gasteiger partial charge in [0.2, 0.25) is 0 Å². The Hall–Kier alpha value is -2.43. The molecular weight excluding hydrogens is 343 g/mol. The Balaban J connectivity index is 1.46. The van der Waals surface area contributed by atoms with E-state index in [4.69, 9.17) is 4.74 Å². The Morgan fingerprint density at radius 3 is 2.41 bits per heavy atom. The zero-order valence-corrected chi connectivity index (χ0v) is 15.8. The van der Waals surface area contributed by atoms with E-state index in [2.05, 4.69) is 17.1 Å². The standard InChI is InChI=1S/C22H25FN2O2/c1-25(2)22(26)17-12-20(23)21(24-13-17)27-18-9-7-16(8-10-18)19-11-14-3-5-15(19)6-4-14/h7-10,12-15,19H,3-6,11H2,1-2H3. The first-order valence-corrected chi connectivity index (χ1v) is 9.66. The molecule has 4 nitrogen and oxygen atoms in total. The molecule has 0 aliphatic heterocycles. The molecule has 3 aliphatic rings. The second-order valence-electron chi connectivity index (χ2n) is 8.00. The summed E-state index contributed by atoms with van der Waals surface area (Å²) in [7, 11) is 3.23. The van der Waals surface area contributed by atoms with Gasteiger partial charge in [-0.1, -0.05) is 25.0 Å². The summed E-state index contributed by atoms with van der Waals surface area (Å²) in [5.41, 5.74) is 1.56. The number of halogens is 1. The molecule has 1 atom stereocenters. The molecule has 1 amide bonds. The molecule has 0 radical (unpaired) electrons. The fraction of sp³-hybridized carbons (Fsp3) is 0.455. The van der Waals surface area contributed by atoms with Crippen molar-refractivity contribution in [3.63, 3.8) is 0 Å². The molecule has 5 rings (SSSR count). The third kappa shape index (κ3) is 3.68. The molecule has 0 saturated heterocycles. The molecule has 1 aromatic carbocycles. The molecule has 1 unspecified atom stereocenters. The summed E-state index contributed by atoms with van der Waals surface area (Å²) >= 11 is 0. The maximum absolute atomic E-state index is 14.3. The first-order valence-electron chi connectivity index (χ1n) is 9.66. The number of rotatable bonds is 4. The van der Waals surface area contributed by atoms with Crippen LogP contribution in [-0.2, 0) is 0 Å². The van der Waals surface area contributed by atoms with Crippen molar-refractivity contribution in [2.75, 3.05) is 14.1 Å². The van der Waals surface area contributed by atoms with Gasteiger partial charge < -0.3 is 9.64 Å². The zero-order chi connectivity index (χ0) is 19.0. The van der Waals surface area contributed by atoms with Crippen LogP contribution in [0.25, 0.3) is 0 Å². The van der Waals surface area contributed by atoms with E-state index in [1.54, 1.807) is 14.1 Å². The van der Waals surface area contributed by atoms with Crippen LogP contribution in [0.5, 0.6) is 11.6 Å². The van der Waals surface area contributed by atoms with Crippen molar-refractivity contribution < 1.29 is 13.9 Å². The normalized spacial score (nSPS) is 23.9. The lowest BCUT2D eigenvalue weighted by atomic mass is 9.63. The highest BCUT2D eigenvalue weighted by atomic mass is 19.1. The monoisotopic (exact) mass is 368 g/mol. The van der Waals surface area contributed by atoms with Crippen molar-refractivity contribution in [3.05, 3.63) is 53.5 Å². The molecule has 3 fully saturated rings. The summed E-state index contributed by atoms with van der Waals surface area (Å²) in [6, 6.07) is 9.14. The smallest absolute Gasteiger partial charge is 0.255 e. The highest BCUT2D eigenvalue weighted by Crippen LogP contribution is 2.49. The number of aromatic nitrogens is 1. The molecule has 2 bridgehead atoms. The van der Waals surface area contributed by atoms with Crippen LogP contribution in [0.2, 0.25) is 0 Å². The number of pyridine rings is 1.